The van der Waals surface area contributed by atoms with Crippen molar-refractivity contribution in [1.29, 1.82) is 0 Å². The van der Waals surface area contributed by atoms with Gasteiger partial charge in [-0.2, -0.15) is 0 Å². The van der Waals surface area contributed by atoms with E-state index in [0.717, 1.165) is 37.1 Å². The Morgan fingerprint density at radius 1 is 1.26 bits per heavy atom. The van der Waals surface area contributed by atoms with Gasteiger partial charge in [-0.25, -0.2) is 0 Å². The second-order valence-corrected chi connectivity index (χ2v) is 7.50. The fourth-order valence-electron chi connectivity index (χ4n) is 3.98. The van der Waals surface area contributed by atoms with Gasteiger partial charge in [-0.3, -0.25) is 4.79 Å². The van der Waals surface area contributed by atoms with Crippen LogP contribution < -0.4 is 5.32 Å². The van der Waals surface area contributed by atoms with E-state index in [9.17, 15) is 4.79 Å². The normalized spacial score (nSPS) is 36.2. The Morgan fingerprint density at radius 2 is 2.00 bits per heavy atom. The molecule has 0 bridgehead atoms. The van der Waals surface area contributed by atoms with Crippen molar-refractivity contribution >= 4 is 5.91 Å². The minimum Gasteiger partial charge on any atom is -0.356 e. The molecule has 2 saturated carbocycles. The predicted molar refractivity (Wildman–Crippen MR) is 79.8 cm³/mol. The van der Waals surface area contributed by atoms with Gasteiger partial charge in [0.05, 0.1) is 0 Å². The lowest BCUT2D eigenvalue weighted by molar-refractivity contribution is -0.129. The van der Waals surface area contributed by atoms with Gasteiger partial charge in [0.15, 0.2) is 0 Å². The molecule has 4 atom stereocenters. The Hall–Kier alpha value is -0.530. The maximum Gasteiger partial charge on any atom is 0.223 e. The number of carbonyl (C=O) groups is 1. The van der Waals surface area contributed by atoms with Gasteiger partial charge in [-0.05, 0) is 48.9 Å². The third-order valence-corrected chi connectivity index (χ3v) is 5.73. The Labute approximate surface area is 118 Å². The summed E-state index contributed by atoms with van der Waals surface area (Å²) in [5.41, 5.74) is 0.183. The highest BCUT2D eigenvalue weighted by molar-refractivity contribution is 5.79. The van der Waals surface area contributed by atoms with Crippen LogP contribution in [0.3, 0.4) is 0 Å². The monoisotopic (exact) mass is 265 g/mol. The van der Waals surface area contributed by atoms with Crippen LogP contribution in [-0.4, -0.2) is 12.5 Å². The first-order valence-corrected chi connectivity index (χ1v) is 8.25. The number of unbranched alkanes of at least 4 members (excludes halogenated alkanes) is 2. The minimum absolute atomic E-state index is 0.183. The molecule has 0 radical (unpaired) electrons. The van der Waals surface area contributed by atoms with Crippen LogP contribution in [0.2, 0.25) is 0 Å². The van der Waals surface area contributed by atoms with Crippen LogP contribution in [-0.2, 0) is 4.79 Å². The maximum atomic E-state index is 12.5. The van der Waals surface area contributed by atoms with E-state index < -0.39 is 0 Å². The number of rotatable bonds is 5. The average molecular weight is 265 g/mol. The van der Waals surface area contributed by atoms with Gasteiger partial charge in [0, 0.05) is 12.5 Å². The number of hydrogen-bond acceptors (Lipinski definition) is 1. The van der Waals surface area contributed by atoms with Crippen LogP contribution in [0.1, 0.15) is 66.2 Å². The Kier molecular flexibility index (Phi) is 4.58. The summed E-state index contributed by atoms with van der Waals surface area (Å²) in [6.45, 7) is 10.0. The SMILES string of the molecule is CCCCCNC(=O)C1CC2C(C)C2CCC1(C)C. The van der Waals surface area contributed by atoms with Crippen molar-refractivity contribution in [3.63, 3.8) is 0 Å². The second kappa shape index (κ2) is 5.85. The molecule has 2 aliphatic carbocycles. The second-order valence-electron chi connectivity index (χ2n) is 7.50. The molecule has 0 heterocycles. The molecule has 2 aliphatic rings. The standard InChI is InChI=1S/C17H31NO/c1-5-6-7-10-18-16(19)15-11-14-12(2)13(14)8-9-17(15,3)4/h12-15H,5-11H2,1-4H3,(H,18,19). The van der Waals surface area contributed by atoms with Gasteiger partial charge >= 0.3 is 0 Å². The largest absolute Gasteiger partial charge is 0.356 e. The van der Waals surface area contributed by atoms with E-state index in [1.807, 2.05) is 0 Å². The van der Waals surface area contributed by atoms with Gasteiger partial charge in [0.2, 0.25) is 5.91 Å². The molecule has 0 aromatic rings. The lowest BCUT2D eigenvalue weighted by atomic mass is 9.73. The van der Waals surface area contributed by atoms with Crippen molar-refractivity contribution in [2.45, 2.75) is 66.2 Å². The van der Waals surface area contributed by atoms with E-state index in [0.29, 0.717) is 5.91 Å². The van der Waals surface area contributed by atoms with Crippen LogP contribution >= 0.6 is 0 Å². The molecule has 0 spiro atoms. The third kappa shape index (κ3) is 3.32. The number of nitrogens with one attached hydrogen (secondary N) is 1. The molecule has 2 nitrogen and oxygen atoms in total. The van der Waals surface area contributed by atoms with Crippen molar-refractivity contribution in [3.8, 4) is 0 Å². The molecule has 4 unspecified atom stereocenters. The lowest BCUT2D eigenvalue weighted by Crippen LogP contribution is -2.39. The van der Waals surface area contributed by atoms with Crippen LogP contribution in [0.4, 0.5) is 0 Å². The zero-order valence-electron chi connectivity index (χ0n) is 13.2. The van der Waals surface area contributed by atoms with Crippen molar-refractivity contribution in [2.75, 3.05) is 6.54 Å². The first-order valence-electron chi connectivity index (χ1n) is 8.25. The van der Waals surface area contributed by atoms with Crippen molar-refractivity contribution in [2.24, 2.45) is 29.1 Å². The average Bonchev–Trinajstić information content (AvgIpc) is 3.01. The molecule has 0 aromatic carbocycles. The van der Waals surface area contributed by atoms with E-state index in [-0.39, 0.29) is 11.3 Å². The molecular formula is C17H31NO. The molecule has 2 rings (SSSR count). The Bertz CT molecular complexity index is 323. The number of fused-ring (bicyclic) bond motifs is 1. The Balaban J connectivity index is 1.89. The first-order chi connectivity index (χ1) is 8.97. The molecule has 1 N–H and O–H groups in total. The van der Waals surface area contributed by atoms with Crippen molar-refractivity contribution < 1.29 is 4.79 Å². The van der Waals surface area contributed by atoms with Crippen LogP contribution in [0.25, 0.3) is 0 Å². The molecule has 0 aliphatic heterocycles. The topological polar surface area (TPSA) is 29.1 Å². The minimum atomic E-state index is 0.183. The smallest absolute Gasteiger partial charge is 0.223 e. The van der Waals surface area contributed by atoms with Gasteiger partial charge in [0.1, 0.15) is 0 Å². The van der Waals surface area contributed by atoms with Gasteiger partial charge < -0.3 is 5.32 Å². The fourth-order valence-corrected chi connectivity index (χ4v) is 3.98. The summed E-state index contributed by atoms with van der Waals surface area (Å²) in [6, 6.07) is 0. The molecule has 2 fully saturated rings. The van der Waals surface area contributed by atoms with Crippen molar-refractivity contribution in [1.82, 2.24) is 5.32 Å². The highest BCUT2D eigenvalue weighted by atomic mass is 16.1. The summed E-state index contributed by atoms with van der Waals surface area (Å²) in [5, 5.41) is 3.19. The maximum absolute atomic E-state index is 12.5. The molecule has 110 valence electrons. The van der Waals surface area contributed by atoms with E-state index in [4.69, 9.17) is 0 Å². The number of amides is 1. The zero-order valence-corrected chi connectivity index (χ0v) is 13.2. The number of hydrogen-bond donors (Lipinski definition) is 1. The van der Waals surface area contributed by atoms with Gasteiger partial charge in [-0.1, -0.05) is 40.5 Å². The zero-order chi connectivity index (χ0) is 14.0. The summed E-state index contributed by atoms with van der Waals surface area (Å²) in [7, 11) is 0. The molecule has 0 saturated heterocycles. The Morgan fingerprint density at radius 3 is 2.68 bits per heavy atom. The van der Waals surface area contributed by atoms with E-state index in [1.165, 1.54) is 25.7 Å². The van der Waals surface area contributed by atoms with Gasteiger partial charge in [-0.15, -0.1) is 0 Å². The van der Waals surface area contributed by atoms with E-state index in [2.05, 4.69) is 33.0 Å². The highest BCUT2D eigenvalue weighted by Crippen LogP contribution is 2.58. The highest BCUT2D eigenvalue weighted by Gasteiger charge is 2.53. The molecule has 1 amide bonds. The quantitative estimate of drug-likeness (QED) is 0.748. The summed E-state index contributed by atoms with van der Waals surface area (Å²) >= 11 is 0. The predicted octanol–water partition coefficient (Wildman–Crippen LogP) is 4.00. The van der Waals surface area contributed by atoms with Crippen molar-refractivity contribution in [3.05, 3.63) is 0 Å². The summed E-state index contributed by atoms with van der Waals surface area (Å²) in [6.07, 6.45) is 7.22. The third-order valence-electron chi connectivity index (χ3n) is 5.73. The van der Waals surface area contributed by atoms with E-state index in [1.54, 1.807) is 0 Å². The lowest BCUT2D eigenvalue weighted by Gasteiger charge is -2.32. The van der Waals surface area contributed by atoms with Gasteiger partial charge in [0.25, 0.3) is 0 Å². The fraction of sp³-hybridized carbons (Fsp3) is 0.941. The molecular weight excluding hydrogens is 234 g/mol. The van der Waals surface area contributed by atoms with E-state index >= 15 is 0 Å². The molecule has 19 heavy (non-hydrogen) atoms. The van der Waals surface area contributed by atoms with Crippen LogP contribution in [0, 0.1) is 29.1 Å². The van der Waals surface area contributed by atoms with Crippen LogP contribution in [0.15, 0.2) is 0 Å². The number of carbonyl (C=O) groups excluding carboxylic acids is 1. The molecule has 2 heteroatoms. The summed E-state index contributed by atoms with van der Waals surface area (Å²) in [5.74, 6) is 3.16. The first kappa shape index (κ1) is 14.9. The van der Waals surface area contributed by atoms with Crippen LogP contribution in [0.5, 0.6) is 0 Å². The molecule has 0 aromatic heterocycles. The summed E-state index contributed by atoms with van der Waals surface area (Å²) < 4.78 is 0. The summed E-state index contributed by atoms with van der Waals surface area (Å²) in [4.78, 5) is 12.5.